The van der Waals surface area contributed by atoms with Gasteiger partial charge in [0.1, 0.15) is 0 Å². The van der Waals surface area contributed by atoms with E-state index in [1.807, 2.05) is 7.05 Å². The van der Waals surface area contributed by atoms with Gasteiger partial charge in [0, 0.05) is 39.2 Å². The van der Waals surface area contributed by atoms with Crippen LogP contribution in [0.2, 0.25) is 0 Å². The molecule has 0 bridgehead atoms. The second-order valence-electron chi connectivity index (χ2n) is 3.39. The Hall–Kier alpha value is -0.120. The summed E-state index contributed by atoms with van der Waals surface area (Å²) in [6.45, 7) is 3.80. The Kier molecular flexibility index (Phi) is 3.50. The Morgan fingerprint density at radius 3 is 2.42 bits per heavy atom. The van der Waals surface area contributed by atoms with Crippen molar-refractivity contribution in [1.82, 2.24) is 5.32 Å². The molecule has 0 aromatic rings. The third-order valence-corrected chi connectivity index (χ3v) is 2.97. The molecule has 1 aliphatic rings. The largest absolute Gasteiger partial charge is 0.381 e. The van der Waals surface area contributed by atoms with Crippen molar-refractivity contribution in [2.45, 2.75) is 31.4 Å². The van der Waals surface area contributed by atoms with Crippen LogP contribution in [0.5, 0.6) is 0 Å². The van der Waals surface area contributed by atoms with Gasteiger partial charge in [-0.05, 0) is 14.0 Å². The normalized spacial score (nSPS) is 25.2. The zero-order valence-electron chi connectivity index (χ0n) is 8.22. The zero-order valence-corrected chi connectivity index (χ0v) is 8.22. The zero-order chi connectivity index (χ0) is 9.03. The average Bonchev–Trinajstić information content (AvgIpc) is 2.17. The molecule has 1 rings (SSSR count). The molecule has 1 atom stereocenters. The minimum Gasteiger partial charge on any atom is -0.381 e. The van der Waals surface area contributed by atoms with Gasteiger partial charge < -0.3 is 14.8 Å². The van der Waals surface area contributed by atoms with E-state index in [0.29, 0.717) is 6.04 Å². The second-order valence-corrected chi connectivity index (χ2v) is 3.39. The van der Waals surface area contributed by atoms with Crippen LogP contribution >= 0.6 is 0 Å². The number of hydrogen-bond acceptors (Lipinski definition) is 3. The number of likely N-dealkylation sites (N-methyl/N-ethyl adjacent to an activating group) is 1. The third-order valence-electron chi connectivity index (χ3n) is 2.97. The van der Waals surface area contributed by atoms with Gasteiger partial charge in [0.15, 0.2) is 0 Å². The van der Waals surface area contributed by atoms with Crippen LogP contribution in [0.4, 0.5) is 0 Å². The summed E-state index contributed by atoms with van der Waals surface area (Å²) in [5.41, 5.74) is -0.00694. The first-order chi connectivity index (χ1) is 5.75. The quantitative estimate of drug-likeness (QED) is 0.684. The lowest BCUT2D eigenvalue weighted by Crippen LogP contribution is -2.52. The highest BCUT2D eigenvalue weighted by Gasteiger charge is 2.37. The molecule has 0 aromatic carbocycles. The molecule has 0 saturated carbocycles. The summed E-state index contributed by atoms with van der Waals surface area (Å²) in [5, 5.41) is 3.25. The van der Waals surface area contributed by atoms with Crippen molar-refractivity contribution in [3.8, 4) is 0 Å². The topological polar surface area (TPSA) is 30.5 Å². The van der Waals surface area contributed by atoms with E-state index in [1.54, 1.807) is 7.11 Å². The van der Waals surface area contributed by atoms with E-state index in [9.17, 15) is 0 Å². The molecule has 1 fully saturated rings. The van der Waals surface area contributed by atoms with Crippen molar-refractivity contribution < 1.29 is 9.47 Å². The van der Waals surface area contributed by atoms with Crippen LogP contribution < -0.4 is 5.32 Å². The van der Waals surface area contributed by atoms with Crippen LogP contribution in [0.3, 0.4) is 0 Å². The van der Waals surface area contributed by atoms with Crippen LogP contribution in [0.15, 0.2) is 0 Å². The molecule has 12 heavy (non-hydrogen) atoms. The summed E-state index contributed by atoms with van der Waals surface area (Å²) in [6, 6.07) is 0.395. The first kappa shape index (κ1) is 9.96. The maximum absolute atomic E-state index is 5.59. The monoisotopic (exact) mass is 173 g/mol. The molecular formula is C9H19NO2. The van der Waals surface area contributed by atoms with Gasteiger partial charge in [-0.15, -0.1) is 0 Å². The first-order valence-electron chi connectivity index (χ1n) is 4.55. The molecule has 0 aromatic heterocycles. The number of ether oxygens (including phenoxy) is 2. The molecule has 1 heterocycles. The van der Waals surface area contributed by atoms with Crippen molar-refractivity contribution >= 4 is 0 Å². The van der Waals surface area contributed by atoms with Crippen molar-refractivity contribution in [2.24, 2.45) is 0 Å². The Morgan fingerprint density at radius 2 is 2.00 bits per heavy atom. The van der Waals surface area contributed by atoms with Crippen molar-refractivity contribution in [3.63, 3.8) is 0 Å². The fraction of sp³-hybridized carbons (Fsp3) is 1.00. The van der Waals surface area contributed by atoms with E-state index >= 15 is 0 Å². The smallest absolute Gasteiger partial charge is 0.0871 e. The van der Waals surface area contributed by atoms with Gasteiger partial charge >= 0.3 is 0 Å². The molecule has 1 unspecified atom stereocenters. The summed E-state index contributed by atoms with van der Waals surface area (Å²) >= 11 is 0. The Bertz CT molecular complexity index is 132. The minimum absolute atomic E-state index is 0.00694. The van der Waals surface area contributed by atoms with Crippen LogP contribution in [0, 0.1) is 0 Å². The van der Waals surface area contributed by atoms with E-state index in [2.05, 4.69) is 12.2 Å². The van der Waals surface area contributed by atoms with Gasteiger partial charge in [-0.3, -0.25) is 0 Å². The maximum atomic E-state index is 5.59. The highest BCUT2D eigenvalue weighted by molar-refractivity contribution is 4.91. The predicted molar refractivity (Wildman–Crippen MR) is 48.3 cm³/mol. The van der Waals surface area contributed by atoms with E-state index in [0.717, 1.165) is 26.1 Å². The SMILES string of the molecule is CNC(C)C1(OC)CCOCC1. The molecule has 3 nitrogen and oxygen atoms in total. The van der Waals surface area contributed by atoms with Gasteiger partial charge in [0.2, 0.25) is 0 Å². The Labute approximate surface area is 74.4 Å². The molecule has 3 heteroatoms. The molecule has 1 N–H and O–H groups in total. The number of hydrogen-bond donors (Lipinski definition) is 1. The lowest BCUT2D eigenvalue weighted by Gasteiger charge is -2.40. The summed E-state index contributed by atoms with van der Waals surface area (Å²) in [5.74, 6) is 0. The lowest BCUT2D eigenvalue weighted by molar-refractivity contribution is -0.106. The van der Waals surface area contributed by atoms with Crippen LogP contribution in [-0.2, 0) is 9.47 Å². The van der Waals surface area contributed by atoms with Crippen molar-refractivity contribution in [2.75, 3.05) is 27.4 Å². The van der Waals surface area contributed by atoms with Crippen molar-refractivity contribution in [3.05, 3.63) is 0 Å². The Balaban J connectivity index is 2.59. The molecule has 0 radical (unpaired) electrons. The van der Waals surface area contributed by atoms with Crippen LogP contribution in [-0.4, -0.2) is 39.0 Å². The highest BCUT2D eigenvalue weighted by atomic mass is 16.5. The predicted octanol–water partition coefficient (Wildman–Crippen LogP) is 0.790. The fourth-order valence-electron chi connectivity index (χ4n) is 1.79. The van der Waals surface area contributed by atoms with Gasteiger partial charge in [0.05, 0.1) is 5.60 Å². The Morgan fingerprint density at radius 1 is 1.42 bits per heavy atom. The van der Waals surface area contributed by atoms with Gasteiger partial charge in [-0.2, -0.15) is 0 Å². The summed E-state index contributed by atoms with van der Waals surface area (Å²) in [7, 11) is 3.76. The molecule has 1 saturated heterocycles. The van der Waals surface area contributed by atoms with Crippen molar-refractivity contribution in [1.29, 1.82) is 0 Å². The summed E-state index contributed by atoms with van der Waals surface area (Å²) in [4.78, 5) is 0. The van der Waals surface area contributed by atoms with Gasteiger partial charge in [-0.1, -0.05) is 0 Å². The highest BCUT2D eigenvalue weighted by Crippen LogP contribution is 2.27. The molecular weight excluding hydrogens is 154 g/mol. The number of methoxy groups -OCH3 is 1. The van der Waals surface area contributed by atoms with E-state index in [-0.39, 0.29) is 5.60 Å². The van der Waals surface area contributed by atoms with Gasteiger partial charge in [-0.25, -0.2) is 0 Å². The lowest BCUT2D eigenvalue weighted by atomic mass is 9.87. The number of nitrogens with one attached hydrogen (secondary N) is 1. The van der Waals surface area contributed by atoms with E-state index in [4.69, 9.17) is 9.47 Å². The molecule has 1 aliphatic heterocycles. The standard InChI is InChI=1S/C9H19NO2/c1-8(10-2)9(11-3)4-6-12-7-5-9/h8,10H,4-7H2,1-3H3. The van der Waals surface area contributed by atoms with Gasteiger partial charge in [0.25, 0.3) is 0 Å². The maximum Gasteiger partial charge on any atom is 0.0871 e. The van der Waals surface area contributed by atoms with Crippen LogP contribution in [0.25, 0.3) is 0 Å². The first-order valence-corrected chi connectivity index (χ1v) is 4.55. The molecule has 0 amide bonds. The van der Waals surface area contributed by atoms with E-state index < -0.39 is 0 Å². The number of rotatable bonds is 3. The third kappa shape index (κ3) is 1.79. The minimum atomic E-state index is -0.00694. The molecule has 0 spiro atoms. The van der Waals surface area contributed by atoms with E-state index in [1.165, 1.54) is 0 Å². The fourth-order valence-corrected chi connectivity index (χ4v) is 1.79. The second kappa shape index (κ2) is 4.21. The molecule has 0 aliphatic carbocycles. The average molecular weight is 173 g/mol. The van der Waals surface area contributed by atoms with Crippen LogP contribution in [0.1, 0.15) is 19.8 Å². The summed E-state index contributed by atoms with van der Waals surface area (Å²) in [6.07, 6.45) is 1.98. The molecule has 72 valence electrons. The summed E-state index contributed by atoms with van der Waals surface area (Å²) < 4.78 is 10.9.